The zero-order valence-electron chi connectivity index (χ0n) is 17.8. The number of carbonyl (C=O) groups is 2. The van der Waals surface area contributed by atoms with Crippen LogP contribution < -0.4 is 5.32 Å². The van der Waals surface area contributed by atoms with Gasteiger partial charge in [0.1, 0.15) is 0 Å². The van der Waals surface area contributed by atoms with Crippen molar-refractivity contribution in [2.75, 3.05) is 24.2 Å². The van der Waals surface area contributed by atoms with E-state index in [9.17, 15) is 9.59 Å². The summed E-state index contributed by atoms with van der Waals surface area (Å²) in [5, 5.41) is 13.8. The van der Waals surface area contributed by atoms with E-state index in [1.165, 1.54) is 0 Å². The minimum Gasteiger partial charge on any atom is -0.338 e. The number of para-hydroxylation sites is 1. The third kappa shape index (κ3) is 4.95. The van der Waals surface area contributed by atoms with Gasteiger partial charge in [-0.15, -0.1) is 11.8 Å². The summed E-state index contributed by atoms with van der Waals surface area (Å²) in [5.74, 6) is 0.348. The number of carbonyl (C=O) groups excluding carboxylic acids is 2. The second kappa shape index (κ2) is 10.3. The molecule has 0 aliphatic carbocycles. The highest BCUT2D eigenvalue weighted by Gasteiger charge is 2.29. The van der Waals surface area contributed by atoms with Crippen molar-refractivity contribution in [1.29, 1.82) is 5.26 Å². The van der Waals surface area contributed by atoms with Crippen LogP contribution in [0.15, 0.2) is 71.6 Å². The van der Waals surface area contributed by atoms with Crippen LogP contribution in [0.1, 0.15) is 29.6 Å². The number of anilines is 1. The number of nitriles is 1. The average Bonchev–Trinajstić information content (AvgIpc) is 2.84. The molecule has 2 amide bonds. The van der Waals surface area contributed by atoms with Gasteiger partial charge in [0.25, 0.3) is 5.91 Å². The van der Waals surface area contributed by atoms with Crippen LogP contribution in [-0.2, 0) is 4.79 Å². The molecule has 5 nitrogen and oxygen atoms in total. The van der Waals surface area contributed by atoms with Gasteiger partial charge in [0, 0.05) is 35.7 Å². The first-order chi connectivity index (χ1) is 15.7. The van der Waals surface area contributed by atoms with Crippen molar-refractivity contribution in [3.63, 3.8) is 0 Å². The van der Waals surface area contributed by atoms with Gasteiger partial charge in [-0.3, -0.25) is 9.59 Å². The third-order valence-corrected chi connectivity index (χ3v) is 6.79. The summed E-state index contributed by atoms with van der Waals surface area (Å²) >= 11 is 1.56. The van der Waals surface area contributed by atoms with Gasteiger partial charge in [-0.1, -0.05) is 48.5 Å². The number of piperidine rings is 1. The number of hydrogen-bond acceptors (Lipinski definition) is 4. The van der Waals surface area contributed by atoms with Crippen LogP contribution in [0, 0.1) is 17.2 Å². The van der Waals surface area contributed by atoms with Gasteiger partial charge >= 0.3 is 0 Å². The van der Waals surface area contributed by atoms with Crippen LogP contribution in [0.3, 0.4) is 0 Å². The van der Waals surface area contributed by atoms with E-state index in [0.29, 0.717) is 30.8 Å². The van der Waals surface area contributed by atoms with Crippen LogP contribution in [0.2, 0.25) is 0 Å². The fourth-order valence-corrected chi connectivity index (χ4v) is 4.96. The Labute approximate surface area is 192 Å². The zero-order valence-corrected chi connectivity index (χ0v) is 18.6. The molecule has 3 aromatic carbocycles. The van der Waals surface area contributed by atoms with Crippen molar-refractivity contribution in [1.82, 2.24) is 4.90 Å². The first-order valence-corrected chi connectivity index (χ1v) is 11.8. The van der Waals surface area contributed by atoms with Gasteiger partial charge in [-0.05, 0) is 41.8 Å². The Morgan fingerprint density at radius 1 is 1.06 bits per heavy atom. The molecule has 1 saturated heterocycles. The Bertz CT molecular complexity index is 1170. The molecule has 1 heterocycles. The molecule has 1 fully saturated rings. The van der Waals surface area contributed by atoms with E-state index in [1.54, 1.807) is 11.8 Å². The molecule has 32 heavy (non-hydrogen) atoms. The van der Waals surface area contributed by atoms with Crippen LogP contribution in [0.5, 0.6) is 0 Å². The van der Waals surface area contributed by atoms with Crippen molar-refractivity contribution < 1.29 is 9.59 Å². The van der Waals surface area contributed by atoms with Crippen molar-refractivity contribution in [3.05, 3.63) is 72.3 Å². The predicted octanol–water partition coefficient (Wildman–Crippen LogP) is 5.34. The molecule has 0 saturated carbocycles. The number of nitrogens with one attached hydrogen (secondary N) is 1. The van der Waals surface area contributed by atoms with E-state index < -0.39 is 0 Å². The van der Waals surface area contributed by atoms with E-state index in [2.05, 4.69) is 11.4 Å². The summed E-state index contributed by atoms with van der Waals surface area (Å²) in [6, 6.07) is 23.5. The molecule has 1 N–H and O–H groups in total. The van der Waals surface area contributed by atoms with E-state index in [0.717, 1.165) is 34.2 Å². The molecule has 0 bridgehead atoms. The Balaban J connectivity index is 1.46. The maximum absolute atomic E-state index is 13.3. The maximum Gasteiger partial charge on any atom is 0.254 e. The number of hydrogen-bond donors (Lipinski definition) is 1. The first-order valence-electron chi connectivity index (χ1n) is 10.8. The van der Waals surface area contributed by atoms with Crippen LogP contribution in [0.4, 0.5) is 5.69 Å². The summed E-state index contributed by atoms with van der Waals surface area (Å²) < 4.78 is 0. The lowest BCUT2D eigenvalue weighted by molar-refractivity contribution is -0.121. The first kappa shape index (κ1) is 21.9. The molecule has 4 rings (SSSR count). The van der Waals surface area contributed by atoms with Crippen molar-refractivity contribution in [3.8, 4) is 6.07 Å². The molecular weight excluding hydrogens is 418 g/mol. The average molecular weight is 444 g/mol. The summed E-state index contributed by atoms with van der Waals surface area (Å²) in [6.07, 6.45) is 2.02. The smallest absolute Gasteiger partial charge is 0.254 e. The third-order valence-electron chi connectivity index (χ3n) is 5.72. The van der Waals surface area contributed by atoms with Crippen LogP contribution in [0.25, 0.3) is 10.8 Å². The second-order valence-corrected chi connectivity index (χ2v) is 9.00. The largest absolute Gasteiger partial charge is 0.338 e. The number of likely N-dealkylation sites (tertiary alicyclic amines) is 1. The molecule has 0 spiro atoms. The predicted molar refractivity (Wildman–Crippen MR) is 129 cm³/mol. The molecule has 6 heteroatoms. The van der Waals surface area contributed by atoms with E-state index in [1.807, 2.05) is 71.6 Å². The molecule has 3 aromatic rings. The van der Waals surface area contributed by atoms with Crippen molar-refractivity contribution in [2.45, 2.75) is 24.2 Å². The summed E-state index contributed by atoms with van der Waals surface area (Å²) in [6.45, 7) is 1.07. The molecular formula is C26H25N3O2S. The zero-order chi connectivity index (χ0) is 22.3. The van der Waals surface area contributed by atoms with Gasteiger partial charge < -0.3 is 10.2 Å². The molecule has 162 valence electrons. The highest BCUT2D eigenvalue weighted by Crippen LogP contribution is 2.29. The number of rotatable bonds is 6. The fourth-order valence-electron chi connectivity index (χ4n) is 4.10. The lowest BCUT2D eigenvalue weighted by Gasteiger charge is -2.32. The van der Waals surface area contributed by atoms with Gasteiger partial charge in [0.05, 0.1) is 17.7 Å². The number of thioether (sulfide) groups is 1. The number of amides is 2. The Morgan fingerprint density at radius 3 is 2.72 bits per heavy atom. The Morgan fingerprint density at radius 2 is 1.84 bits per heavy atom. The molecule has 1 aliphatic rings. The fraction of sp³-hybridized carbons (Fsp3) is 0.269. The lowest BCUT2D eigenvalue weighted by atomic mass is 9.95. The van der Waals surface area contributed by atoms with E-state index in [-0.39, 0.29) is 17.7 Å². The second-order valence-electron chi connectivity index (χ2n) is 7.86. The minimum atomic E-state index is -0.250. The van der Waals surface area contributed by atoms with Crippen LogP contribution in [-0.4, -0.2) is 35.6 Å². The lowest BCUT2D eigenvalue weighted by Crippen LogP contribution is -2.43. The highest BCUT2D eigenvalue weighted by atomic mass is 32.2. The normalized spacial score (nSPS) is 15.8. The highest BCUT2D eigenvalue weighted by molar-refractivity contribution is 7.99. The van der Waals surface area contributed by atoms with E-state index >= 15 is 0 Å². The van der Waals surface area contributed by atoms with Crippen molar-refractivity contribution in [2.24, 2.45) is 5.92 Å². The summed E-state index contributed by atoms with van der Waals surface area (Å²) in [5.41, 5.74) is 1.45. The molecule has 0 aromatic heterocycles. The molecule has 1 aliphatic heterocycles. The van der Waals surface area contributed by atoms with Gasteiger partial charge in [0.2, 0.25) is 5.91 Å². The quantitative estimate of drug-likeness (QED) is 0.412. The van der Waals surface area contributed by atoms with E-state index in [4.69, 9.17) is 5.26 Å². The Kier molecular flexibility index (Phi) is 7.08. The van der Waals surface area contributed by atoms with Crippen LogP contribution >= 0.6 is 11.8 Å². The molecule has 1 atom stereocenters. The molecule has 0 radical (unpaired) electrons. The monoisotopic (exact) mass is 443 g/mol. The Hall–Kier alpha value is -3.30. The van der Waals surface area contributed by atoms with Gasteiger partial charge in [-0.25, -0.2) is 0 Å². The summed E-state index contributed by atoms with van der Waals surface area (Å²) in [4.78, 5) is 29.1. The topological polar surface area (TPSA) is 73.2 Å². The van der Waals surface area contributed by atoms with Crippen molar-refractivity contribution >= 4 is 40.0 Å². The molecule has 1 unspecified atom stereocenters. The minimum absolute atomic E-state index is 0.0215. The van der Waals surface area contributed by atoms with Gasteiger partial charge in [-0.2, -0.15) is 5.26 Å². The SMILES string of the molecule is N#CCCSc1ccccc1NC(=O)C1CCCN(C(=O)c2cccc3ccccc23)C1. The van der Waals surface area contributed by atoms with Gasteiger partial charge in [0.15, 0.2) is 0 Å². The summed E-state index contributed by atoms with van der Waals surface area (Å²) in [7, 11) is 0. The number of nitrogens with zero attached hydrogens (tertiary/aromatic N) is 2. The maximum atomic E-state index is 13.3. The standard InChI is InChI=1S/C26H25N3O2S/c27-15-7-17-32-24-14-4-3-13-23(24)28-25(30)20-10-6-16-29(18-20)26(31)22-12-5-9-19-8-1-2-11-21(19)22/h1-5,8-9,11-14,20H,6-7,10,16-18H2,(H,28,30). The number of benzene rings is 3. The number of fused-ring (bicyclic) bond motifs is 1.